The van der Waals surface area contributed by atoms with E-state index in [2.05, 4.69) is 15.3 Å². The zero-order valence-corrected chi connectivity index (χ0v) is 10.3. The van der Waals surface area contributed by atoms with Gasteiger partial charge in [0, 0.05) is 18.3 Å². The van der Waals surface area contributed by atoms with Crippen molar-refractivity contribution in [3.63, 3.8) is 0 Å². The number of nitrogens with two attached hydrogens (primary N) is 1. The highest BCUT2D eigenvalue weighted by Gasteiger charge is 2.26. The number of hydrogen-bond donors (Lipinski definition) is 3. The van der Waals surface area contributed by atoms with E-state index < -0.39 is 0 Å². The lowest BCUT2D eigenvalue weighted by atomic mass is 9.86. The number of nitrogens with zero attached hydrogens (tertiary/aromatic N) is 1. The van der Waals surface area contributed by atoms with Crippen LogP contribution in [-0.4, -0.2) is 28.5 Å². The fourth-order valence-corrected chi connectivity index (χ4v) is 1.44. The van der Waals surface area contributed by atoms with Crippen LogP contribution in [0.3, 0.4) is 0 Å². The number of H-pyrrole nitrogens is 1. The van der Waals surface area contributed by atoms with Crippen molar-refractivity contribution in [1.29, 1.82) is 0 Å². The molecule has 0 aliphatic rings. The Hall–Kier alpha value is -1.36. The van der Waals surface area contributed by atoms with Crippen molar-refractivity contribution in [2.75, 3.05) is 6.54 Å². The molecule has 1 aromatic rings. The number of carbonyl (C=O) groups excluding carboxylic acids is 1. The molecule has 4 N–H and O–H groups in total. The van der Waals surface area contributed by atoms with Gasteiger partial charge in [0.15, 0.2) is 0 Å². The number of rotatable bonds is 3. The normalized spacial score (nSPS) is 13.6. The molecule has 0 aliphatic heterocycles. The third-order valence-electron chi connectivity index (χ3n) is 2.63. The lowest BCUT2D eigenvalue weighted by Crippen LogP contribution is -2.48. The molecule has 0 aromatic carbocycles. The van der Waals surface area contributed by atoms with Crippen LogP contribution in [0.1, 0.15) is 37.0 Å². The lowest BCUT2D eigenvalue weighted by molar-refractivity contribution is 0.0900. The van der Waals surface area contributed by atoms with E-state index in [0.717, 1.165) is 5.69 Å². The zero-order valence-electron chi connectivity index (χ0n) is 10.3. The van der Waals surface area contributed by atoms with Crippen LogP contribution in [0.5, 0.6) is 0 Å². The van der Waals surface area contributed by atoms with Gasteiger partial charge in [-0.3, -0.25) is 4.79 Å². The Bertz CT molecular complexity index is 364. The van der Waals surface area contributed by atoms with Gasteiger partial charge in [0.2, 0.25) is 0 Å². The van der Waals surface area contributed by atoms with E-state index in [9.17, 15) is 4.79 Å². The van der Waals surface area contributed by atoms with Gasteiger partial charge < -0.3 is 16.0 Å². The molecule has 0 fully saturated rings. The van der Waals surface area contributed by atoms with Crippen LogP contribution >= 0.6 is 0 Å². The van der Waals surface area contributed by atoms with Gasteiger partial charge in [-0.2, -0.15) is 0 Å². The molecule has 16 heavy (non-hydrogen) atoms. The Kier molecular flexibility index (Phi) is 3.70. The highest BCUT2D eigenvalue weighted by atomic mass is 16.2. The predicted octanol–water partition coefficient (Wildman–Crippen LogP) is 0.821. The predicted molar refractivity (Wildman–Crippen MR) is 63.1 cm³/mol. The zero-order chi connectivity index (χ0) is 12.3. The van der Waals surface area contributed by atoms with Crippen molar-refractivity contribution in [3.05, 3.63) is 17.7 Å². The van der Waals surface area contributed by atoms with Crippen LogP contribution in [0.2, 0.25) is 0 Å². The monoisotopic (exact) mass is 224 g/mol. The van der Waals surface area contributed by atoms with Gasteiger partial charge in [0.25, 0.3) is 5.91 Å². The quantitative estimate of drug-likeness (QED) is 0.710. The molecule has 1 unspecified atom stereocenters. The fraction of sp³-hybridized carbons (Fsp3) is 0.636. The summed E-state index contributed by atoms with van der Waals surface area (Å²) in [5, 5.41) is 2.90. The lowest BCUT2D eigenvalue weighted by Gasteiger charge is -2.30. The average Bonchev–Trinajstić information content (AvgIpc) is 2.58. The number of imidazole rings is 1. The van der Waals surface area contributed by atoms with Crippen molar-refractivity contribution in [1.82, 2.24) is 15.3 Å². The topological polar surface area (TPSA) is 83.8 Å². The smallest absolute Gasteiger partial charge is 0.272 e. The molecule has 1 heterocycles. The summed E-state index contributed by atoms with van der Waals surface area (Å²) < 4.78 is 0. The maximum atomic E-state index is 11.9. The molecule has 0 saturated heterocycles. The molecule has 0 saturated carbocycles. The number of aromatic amines is 1. The molecule has 1 rings (SSSR count). The minimum Gasteiger partial charge on any atom is -0.348 e. The summed E-state index contributed by atoms with van der Waals surface area (Å²) in [7, 11) is 0. The van der Waals surface area contributed by atoms with E-state index in [0.29, 0.717) is 12.2 Å². The van der Waals surface area contributed by atoms with E-state index in [1.165, 1.54) is 6.33 Å². The molecule has 5 nitrogen and oxygen atoms in total. The highest BCUT2D eigenvalue weighted by molar-refractivity contribution is 5.93. The van der Waals surface area contributed by atoms with Crippen LogP contribution in [0.4, 0.5) is 0 Å². The molecular weight excluding hydrogens is 204 g/mol. The summed E-state index contributed by atoms with van der Waals surface area (Å²) in [6, 6.07) is -0.0592. The number of carbonyl (C=O) groups is 1. The first kappa shape index (κ1) is 12.7. The Balaban J connectivity index is 2.74. The van der Waals surface area contributed by atoms with Crippen molar-refractivity contribution in [2.24, 2.45) is 11.1 Å². The second-order valence-corrected chi connectivity index (χ2v) is 5.00. The molecule has 1 aromatic heterocycles. The minimum atomic E-state index is -0.177. The van der Waals surface area contributed by atoms with Gasteiger partial charge in [-0.25, -0.2) is 4.98 Å². The first-order valence-electron chi connectivity index (χ1n) is 5.37. The van der Waals surface area contributed by atoms with Crippen molar-refractivity contribution < 1.29 is 4.79 Å². The van der Waals surface area contributed by atoms with E-state index in [4.69, 9.17) is 5.73 Å². The molecular formula is C11H20N4O. The molecule has 0 aliphatic carbocycles. The van der Waals surface area contributed by atoms with Gasteiger partial charge in [-0.1, -0.05) is 20.8 Å². The van der Waals surface area contributed by atoms with Crippen LogP contribution < -0.4 is 11.1 Å². The summed E-state index contributed by atoms with van der Waals surface area (Å²) in [5.41, 5.74) is 6.79. The van der Waals surface area contributed by atoms with E-state index in [-0.39, 0.29) is 17.4 Å². The van der Waals surface area contributed by atoms with Crippen LogP contribution in [0.25, 0.3) is 0 Å². The Labute approximate surface area is 95.8 Å². The van der Waals surface area contributed by atoms with Crippen LogP contribution in [0.15, 0.2) is 6.33 Å². The summed E-state index contributed by atoms with van der Waals surface area (Å²) in [5.74, 6) is -0.177. The summed E-state index contributed by atoms with van der Waals surface area (Å²) >= 11 is 0. The summed E-state index contributed by atoms with van der Waals surface area (Å²) in [6.45, 7) is 8.36. The second kappa shape index (κ2) is 4.65. The number of amides is 1. The standard InChI is InChI=1S/C11H20N4O/c1-7-9(14-6-13-7)10(16)15-8(5-12)11(2,3)4/h6,8H,5,12H2,1-4H3,(H,13,14)(H,15,16). The SMILES string of the molecule is Cc1[nH]cnc1C(=O)NC(CN)C(C)(C)C. The van der Waals surface area contributed by atoms with E-state index in [1.54, 1.807) is 0 Å². The Morgan fingerprint density at radius 1 is 1.62 bits per heavy atom. The Morgan fingerprint density at radius 2 is 2.25 bits per heavy atom. The third-order valence-corrected chi connectivity index (χ3v) is 2.63. The van der Waals surface area contributed by atoms with E-state index in [1.807, 2.05) is 27.7 Å². The molecule has 1 atom stereocenters. The average molecular weight is 224 g/mol. The molecule has 0 bridgehead atoms. The maximum Gasteiger partial charge on any atom is 0.272 e. The molecule has 5 heteroatoms. The van der Waals surface area contributed by atoms with Crippen molar-refractivity contribution in [2.45, 2.75) is 33.7 Å². The van der Waals surface area contributed by atoms with Crippen molar-refractivity contribution >= 4 is 5.91 Å². The van der Waals surface area contributed by atoms with Crippen molar-refractivity contribution in [3.8, 4) is 0 Å². The van der Waals surface area contributed by atoms with Gasteiger partial charge in [0.05, 0.1) is 6.33 Å². The number of hydrogen-bond acceptors (Lipinski definition) is 3. The highest BCUT2D eigenvalue weighted by Crippen LogP contribution is 2.18. The number of aromatic nitrogens is 2. The molecule has 0 radical (unpaired) electrons. The van der Waals surface area contributed by atoms with Crippen LogP contribution in [-0.2, 0) is 0 Å². The maximum absolute atomic E-state index is 11.9. The van der Waals surface area contributed by atoms with Gasteiger partial charge in [0.1, 0.15) is 5.69 Å². The van der Waals surface area contributed by atoms with Gasteiger partial charge >= 0.3 is 0 Å². The molecule has 1 amide bonds. The number of aryl methyl sites for hydroxylation is 1. The first-order valence-corrected chi connectivity index (χ1v) is 5.37. The fourth-order valence-electron chi connectivity index (χ4n) is 1.44. The van der Waals surface area contributed by atoms with Gasteiger partial charge in [-0.05, 0) is 12.3 Å². The second-order valence-electron chi connectivity index (χ2n) is 5.00. The Morgan fingerprint density at radius 3 is 2.62 bits per heavy atom. The van der Waals surface area contributed by atoms with Gasteiger partial charge in [-0.15, -0.1) is 0 Å². The summed E-state index contributed by atoms with van der Waals surface area (Å²) in [6.07, 6.45) is 1.51. The largest absolute Gasteiger partial charge is 0.348 e. The van der Waals surface area contributed by atoms with E-state index >= 15 is 0 Å². The first-order chi connectivity index (χ1) is 7.36. The third kappa shape index (κ3) is 2.82. The van der Waals surface area contributed by atoms with Crippen LogP contribution in [0, 0.1) is 12.3 Å². The molecule has 90 valence electrons. The molecule has 0 spiro atoms. The summed E-state index contributed by atoms with van der Waals surface area (Å²) in [4.78, 5) is 18.7. The minimum absolute atomic E-state index is 0.0592. The number of nitrogens with one attached hydrogen (secondary N) is 2.